The molecule has 3 aromatic carbocycles. The molecule has 1 heterocycles. The van der Waals surface area contributed by atoms with E-state index < -0.39 is 0 Å². The average molecular weight is 488 g/mol. The van der Waals surface area contributed by atoms with Crippen LogP contribution in [0.15, 0.2) is 78.9 Å². The van der Waals surface area contributed by atoms with E-state index in [1.165, 1.54) is 5.56 Å². The van der Waals surface area contributed by atoms with E-state index in [9.17, 15) is 9.59 Å². The predicted octanol–water partition coefficient (Wildman–Crippen LogP) is 4.66. The summed E-state index contributed by atoms with van der Waals surface area (Å²) in [4.78, 5) is 24.6. The zero-order valence-electron chi connectivity index (χ0n) is 20.4. The summed E-state index contributed by atoms with van der Waals surface area (Å²) in [6, 6.07) is 24.8. The first-order valence-corrected chi connectivity index (χ1v) is 12.5. The van der Waals surface area contributed by atoms with Gasteiger partial charge in [0.15, 0.2) is 0 Å². The van der Waals surface area contributed by atoms with E-state index >= 15 is 0 Å². The average Bonchev–Trinajstić information content (AvgIpc) is 3.44. The summed E-state index contributed by atoms with van der Waals surface area (Å²) in [6.45, 7) is 2.06. The fourth-order valence-electron chi connectivity index (χ4n) is 3.99. The van der Waals surface area contributed by atoms with Crippen molar-refractivity contribution in [3.8, 4) is 5.75 Å². The van der Waals surface area contributed by atoms with Gasteiger partial charge in [0.05, 0.1) is 19.3 Å². The second kappa shape index (κ2) is 13.3. The van der Waals surface area contributed by atoms with Crippen LogP contribution in [0.25, 0.3) is 0 Å². The minimum Gasteiger partial charge on any atom is -0.494 e. The van der Waals surface area contributed by atoms with E-state index in [4.69, 9.17) is 9.47 Å². The van der Waals surface area contributed by atoms with Gasteiger partial charge in [-0.1, -0.05) is 30.3 Å². The van der Waals surface area contributed by atoms with E-state index in [1.54, 1.807) is 24.3 Å². The molecule has 1 atom stereocenters. The largest absolute Gasteiger partial charge is 0.494 e. The second-order valence-electron chi connectivity index (χ2n) is 8.79. The van der Waals surface area contributed by atoms with Crippen LogP contribution < -0.4 is 20.7 Å². The van der Waals surface area contributed by atoms with Crippen LogP contribution in [0.3, 0.4) is 0 Å². The molecule has 7 nitrogen and oxygen atoms in total. The van der Waals surface area contributed by atoms with Crippen LogP contribution in [0.1, 0.15) is 35.2 Å². The molecule has 3 aromatic rings. The molecule has 3 N–H and O–H groups in total. The topological polar surface area (TPSA) is 88.7 Å². The van der Waals surface area contributed by atoms with Crippen molar-refractivity contribution in [2.75, 3.05) is 36.9 Å². The molecule has 0 saturated carbocycles. The number of amides is 2. The van der Waals surface area contributed by atoms with Gasteiger partial charge in [-0.15, -0.1) is 0 Å². The van der Waals surface area contributed by atoms with Gasteiger partial charge in [-0.25, -0.2) is 0 Å². The van der Waals surface area contributed by atoms with E-state index in [0.29, 0.717) is 24.4 Å². The summed E-state index contributed by atoms with van der Waals surface area (Å²) >= 11 is 0. The number of nitrogens with one attached hydrogen (secondary N) is 3. The quantitative estimate of drug-likeness (QED) is 0.324. The Hall–Kier alpha value is -3.84. The molecule has 4 rings (SSSR count). The maximum atomic E-state index is 12.3. The third-order valence-corrected chi connectivity index (χ3v) is 5.97. The summed E-state index contributed by atoms with van der Waals surface area (Å²) < 4.78 is 11.3. The van der Waals surface area contributed by atoms with Gasteiger partial charge in [0.1, 0.15) is 5.75 Å². The van der Waals surface area contributed by atoms with Crippen molar-refractivity contribution in [1.29, 1.82) is 0 Å². The highest BCUT2D eigenvalue weighted by atomic mass is 16.5. The third-order valence-electron chi connectivity index (χ3n) is 5.97. The van der Waals surface area contributed by atoms with Gasteiger partial charge >= 0.3 is 0 Å². The molecule has 1 unspecified atom stereocenters. The smallest absolute Gasteiger partial charge is 0.251 e. The molecule has 0 aromatic heterocycles. The van der Waals surface area contributed by atoms with Crippen LogP contribution in [0.2, 0.25) is 0 Å². The number of hydrogen-bond donors (Lipinski definition) is 3. The Morgan fingerprint density at radius 2 is 1.67 bits per heavy atom. The molecule has 7 heteroatoms. The lowest BCUT2D eigenvalue weighted by molar-refractivity contribution is -0.114. The molecular formula is C29H33N3O4. The zero-order chi connectivity index (χ0) is 25.0. The molecule has 0 radical (unpaired) electrons. The lowest BCUT2D eigenvalue weighted by Crippen LogP contribution is -2.31. The van der Waals surface area contributed by atoms with Crippen LogP contribution >= 0.6 is 0 Å². The molecular weight excluding hydrogens is 454 g/mol. The van der Waals surface area contributed by atoms with Crippen molar-refractivity contribution < 1.29 is 19.1 Å². The second-order valence-corrected chi connectivity index (χ2v) is 8.79. The van der Waals surface area contributed by atoms with Crippen molar-refractivity contribution in [2.24, 2.45) is 0 Å². The first kappa shape index (κ1) is 25.3. The van der Waals surface area contributed by atoms with Crippen LogP contribution in [0, 0.1) is 0 Å². The number of aryl methyl sites for hydroxylation is 1. The highest BCUT2D eigenvalue weighted by molar-refractivity contribution is 5.96. The SMILES string of the molecule is O=C(CNc1ccc(OCCCc2ccccc2)cc1)Nc1ccc(C(=O)NCC2CCCO2)cc1. The number of rotatable bonds is 12. The Bertz CT molecular complexity index is 1100. The third kappa shape index (κ3) is 8.13. The van der Waals surface area contributed by atoms with Crippen molar-refractivity contribution in [2.45, 2.75) is 31.8 Å². The van der Waals surface area contributed by atoms with Crippen molar-refractivity contribution >= 4 is 23.2 Å². The minimum absolute atomic E-state index is 0.105. The number of anilines is 2. The van der Waals surface area contributed by atoms with Crippen LogP contribution in [-0.4, -0.2) is 44.2 Å². The monoisotopic (exact) mass is 487 g/mol. The van der Waals surface area contributed by atoms with E-state index in [2.05, 4.69) is 28.1 Å². The summed E-state index contributed by atoms with van der Waals surface area (Å²) in [5, 5.41) is 8.84. The van der Waals surface area contributed by atoms with Crippen LogP contribution in [0.5, 0.6) is 5.75 Å². The van der Waals surface area contributed by atoms with E-state index in [1.807, 2.05) is 42.5 Å². The molecule has 1 aliphatic rings. The molecule has 2 amide bonds. The highest BCUT2D eigenvalue weighted by Gasteiger charge is 2.16. The first-order chi connectivity index (χ1) is 17.7. The maximum Gasteiger partial charge on any atom is 0.251 e. The van der Waals surface area contributed by atoms with E-state index in [0.717, 1.165) is 43.7 Å². The fraction of sp³-hybridized carbons (Fsp3) is 0.310. The molecule has 0 bridgehead atoms. The normalized spacial score (nSPS) is 14.7. The number of ether oxygens (including phenoxy) is 2. The van der Waals surface area contributed by atoms with E-state index in [-0.39, 0.29) is 24.5 Å². The molecule has 188 valence electrons. The van der Waals surface area contributed by atoms with Gasteiger partial charge in [-0.05, 0) is 79.8 Å². The maximum absolute atomic E-state index is 12.3. The summed E-state index contributed by atoms with van der Waals surface area (Å²) in [6.07, 6.45) is 4.06. The standard InChI is InChI=1S/C29H33N3O4/c33-28(32-25-12-10-23(11-13-25)29(34)31-20-27-9-5-19-36-27)21-30-24-14-16-26(17-15-24)35-18-4-8-22-6-2-1-3-7-22/h1-3,6-7,10-17,27,30H,4-5,8-9,18-21H2,(H,31,34)(H,32,33). The summed E-state index contributed by atoms with van der Waals surface area (Å²) in [7, 11) is 0. The fourth-order valence-corrected chi connectivity index (χ4v) is 3.99. The van der Waals surface area contributed by atoms with Crippen LogP contribution in [-0.2, 0) is 16.0 Å². The first-order valence-electron chi connectivity index (χ1n) is 12.5. The van der Waals surface area contributed by atoms with Gasteiger partial charge in [-0.3, -0.25) is 9.59 Å². The Labute approximate surface area is 212 Å². The predicted molar refractivity (Wildman–Crippen MR) is 142 cm³/mol. The highest BCUT2D eigenvalue weighted by Crippen LogP contribution is 2.17. The minimum atomic E-state index is -0.174. The summed E-state index contributed by atoms with van der Waals surface area (Å²) in [5.74, 6) is 0.485. The molecule has 1 saturated heterocycles. The van der Waals surface area contributed by atoms with Crippen molar-refractivity contribution in [3.05, 3.63) is 90.0 Å². The number of carbonyl (C=O) groups excluding carboxylic acids is 2. The summed E-state index contributed by atoms with van der Waals surface area (Å²) in [5.41, 5.74) is 3.33. The van der Waals surface area contributed by atoms with Crippen molar-refractivity contribution in [3.63, 3.8) is 0 Å². The molecule has 0 spiro atoms. The van der Waals surface area contributed by atoms with Crippen molar-refractivity contribution in [1.82, 2.24) is 5.32 Å². The molecule has 1 aliphatic heterocycles. The molecule has 1 fully saturated rings. The van der Waals surface area contributed by atoms with Gasteiger partial charge in [0, 0.05) is 30.1 Å². The Balaban J connectivity index is 1.13. The van der Waals surface area contributed by atoms with Gasteiger partial charge in [0.2, 0.25) is 5.91 Å². The molecule has 36 heavy (non-hydrogen) atoms. The van der Waals surface area contributed by atoms with Gasteiger partial charge in [0.25, 0.3) is 5.91 Å². The Morgan fingerprint density at radius 3 is 2.39 bits per heavy atom. The number of hydrogen-bond acceptors (Lipinski definition) is 5. The Kier molecular flexibility index (Phi) is 9.33. The van der Waals surface area contributed by atoms with Gasteiger partial charge in [-0.2, -0.15) is 0 Å². The number of benzene rings is 3. The lowest BCUT2D eigenvalue weighted by Gasteiger charge is -2.11. The molecule has 0 aliphatic carbocycles. The van der Waals surface area contributed by atoms with Gasteiger partial charge < -0.3 is 25.4 Å². The van der Waals surface area contributed by atoms with Crippen LogP contribution in [0.4, 0.5) is 11.4 Å². The lowest BCUT2D eigenvalue weighted by atomic mass is 10.1. The zero-order valence-corrected chi connectivity index (χ0v) is 20.4. The Morgan fingerprint density at radius 1 is 0.917 bits per heavy atom. The number of carbonyl (C=O) groups is 2.